The van der Waals surface area contributed by atoms with Gasteiger partial charge < -0.3 is 9.84 Å². The van der Waals surface area contributed by atoms with Gasteiger partial charge in [0.1, 0.15) is 4.32 Å². The van der Waals surface area contributed by atoms with Crippen LogP contribution < -0.4 is 4.74 Å². The first-order valence-electron chi connectivity index (χ1n) is 7.26. The first-order valence-corrected chi connectivity index (χ1v) is 11.1. The molecule has 1 atom stereocenters. The average molecular weight is 464 g/mol. The van der Waals surface area contributed by atoms with Crippen molar-refractivity contribution in [3.05, 3.63) is 27.1 Å². The fraction of sp³-hybridized carbons (Fsp3) is 0.333. The van der Waals surface area contributed by atoms with E-state index in [0.29, 0.717) is 25.7 Å². The van der Waals surface area contributed by atoms with Gasteiger partial charge in [0.25, 0.3) is 5.91 Å². The monoisotopic (exact) mass is 463 g/mol. The minimum absolute atomic E-state index is 0.0247. The highest BCUT2D eigenvalue weighted by atomic mass is 79.9. The highest BCUT2D eigenvalue weighted by Crippen LogP contribution is 2.39. The van der Waals surface area contributed by atoms with Crippen LogP contribution in [-0.2, 0) is 14.6 Å². The van der Waals surface area contributed by atoms with Crippen LogP contribution in [0.4, 0.5) is 0 Å². The van der Waals surface area contributed by atoms with E-state index < -0.39 is 15.9 Å². The van der Waals surface area contributed by atoms with Crippen molar-refractivity contribution in [2.24, 2.45) is 0 Å². The van der Waals surface area contributed by atoms with Gasteiger partial charge in [0.2, 0.25) is 0 Å². The number of amides is 1. The number of benzene rings is 1. The molecule has 0 radical (unpaired) electrons. The number of thioether (sulfide) groups is 1. The van der Waals surface area contributed by atoms with Crippen LogP contribution in [-0.4, -0.2) is 53.3 Å². The molecule has 1 unspecified atom stereocenters. The van der Waals surface area contributed by atoms with Gasteiger partial charge in [-0.1, -0.05) is 24.0 Å². The topological polar surface area (TPSA) is 83.9 Å². The van der Waals surface area contributed by atoms with Gasteiger partial charge in [0, 0.05) is 0 Å². The highest BCUT2D eigenvalue weighted by molar-refractivity contribution is 9.10. The third-order valence-electron chi connectivity index (χ3n) is 3.97. The number of rotatable bonds is 3. The molecule has 25 heavy (non-hydrogen) atoms. The Morgan fingerprint density at radius 2 is 2.20 bits per heavy atom. The van der Waals surface area contributed by atoms with Gasteiger partial charge in [0.15, 0.2) is 21.3 Å². The van der Waals surface area contributed by atoms with Crippen LogP contribution in [0.3, 0.4) is 0 Å². The van der Waals surface area contributed by atoms with E-state index in [-0.39, 0.29) is 28.9 Å². The lowest BCUT2D eigenvalue weighted by Crippen LogP contribution is -2.39. The Labute approximate surface area is 163 Å². The van der Waals surface area contributed by atoms with Crippen molar-refractivity contribution in [1.82, 2.24) is 4.90 Å². The number of methoxy groups -OCH3 is 1. The van der Waals surface area contributed by atoms with Gasteiger partial charge >= 0.3 is 0 Å². The largest absolute Gasteiger partial charge is 0.503 e. The first-order chi connectivity index (χ1) is 11.7. The lowest BCUT2D eigenvalue weighted by atomic mass is 10.1. The molecule has 0 bridgehead atoms. The standard InChI is InChI=1S/C15H14BrNO5S3/c1-22-11-5-8(4-10(16)13(11)18)6-12-14(19)17(15(23)24-12)9-2-3-25(20,21)7-9/h4-6,9,18H,2-3,7H2,1H3/b12-6+. The van der Waals surface area contributed by atoms with Crippen molar-refractivity contribution in [2.45, 2.75) is 12.5 Å². The maximum absolute atomic E-state index is 12.7. The Morgan fingerprint density at radius 1 is 1.48 bits per heavy atom. The molecule has 3 rings (SSSR count). The summed E-state index contributed by atoms with van der Waals surface area (Å²) in [6.45, 7) is 0. The summed E-state index contributed by atoms with van der Waals surface area (Å²) in [6.07, 6.45) is 2.05. The number of halogens is 1. The molecule has 10 heteroatoms. The molecular weight excluding hydrogens is 450 g/mol. The molecule has 2 fully saturated rings. The summed E-state index contributed by atoms with van der Waals surface area (Å²) in [4.78, 5) is 14.5. The Morgan fingerprint density at radius 3 is 2.80 bits per heavy atom. The molecule has 6 nitrogen and oxygen atoms in total. The lowest BCUT2D eigenvalue weighted by molar-refractivity contribution is -0.123. The number of ether oxygens (including phenoxy) is 1. The van der Waals surface area contributed by atoms with Crippen molar-refractivity contribution in [2.75, 3.05) is 18.6 Å². The highest BCUT2D eigenvalue weighted by Gasteiger charge is 2.42. The summed E-state index contributed by atoms with van der Waals surface area (Å²) in [5.41, 5.74) is 0.654. The zero-order valence-electron chi connectivity index (χ0n) is 13.1. The van der Waals surface area contributed by atoms with Crippen molar-refractivity contribution < 1.29 is 23.1 Å². The van der Waals surface area contributed by atoms with Crippen LogP contribution in [0, 0.1) is 0 Å². The molecule has 0 spiro atoms. The number of phenolic OH excluding ortho intramolecular Hbond substituents is 1. The molecule has 2 aliphatic rings. The second-order valence-electron chi connectivity index (χ2n) is 5.66. The number of nitrogens with zero attached hydrogens (tertiary/aromatic N) is 1. The molecule has 1 aromatic carbocycles. The van der Waals surface area contributed by atoms with Crippen LogP contribution >= 0.6 is 39.9 Å². The summed E-state index contributed by atoms with van der Waals surface area (Å²) < 4.78 is 29.3. The summed E-state index contributed by atoms with van der Waals surface area (Å²) in [6, 6.07) is 2.86. The van der Waals surface area contributed by atoms with Crippen molar-refractivity contribution in [1.29, 1.82) is 0 Å². The number of hydrogen-bond donors (Lipinski definition) is 1. The fourth-order valence-corrected chi connectivity index (χ4v) is 6.32. The number of sulfone groups is 1. The average Bonchev–Trinajstić information content (AvgIpc) is 3.02. The number of thiocarbonyl (C=S) groups is 1. The Bertz CT molecular complexity index is 897. The third kappa shape index (κ3) is 3.71. The number of hydrogen-bond acceptors (Lipinski definition) is 7. The molecule has 2 heterocycles. The van der Waals surface area contributed by atoms with E-state index in [9.17, 15) is 18.3 Å². The SMILES string of the molecule is COc1cc(/C=C2/SC(=S)N(C3CCS(=O)(=O)C3)C2=O)cc(Br)c1O. The van der Waals surface area contributed by atoms with E-state index in [1.165, 1.54) is 12.0 Å². The molecule has 1 aromatic rings. The molecule has 0 aromatic heterocycles. The summed E-state index contributed by atoms with van der Waals surface area (Å²) in [5.74, 6) is -0.0112. The molecular formula is C15H14BrNO5S3. The summed E-state index contributed by atoms with van der Waals surface area (Å²) in [5, 5.41) is 9.86. The molecule has 134 valence electrons. The predicted octanol–water partition coefficient (Wildman–Crippen LogP) is 2.55. The maximum Gasteiger partial charge on any atom is 0.266 e. The number of aromatic hydroxyl groups is 1. The second kappa shape index (κ2) is 6.90. The molecule has 0 aliphatic carbocycles. The van der Waals surface area contributed by atoms with Crippen LogP contribution in [0.15, 0.2) is 21.5 Å². The first kappa shape index (κ1) is 18.7. The zero-order chi connectivity index (χ0) is 18.4. The zero-order valence-corrected chi connectivity index (χ0v) is 17.1. The van der Waals surface area contributed by atoms with Gasteiger partial charge in [-0.25, -0.2) is 8.42 Å². The summed E-state index contributed by atoms with van der Waals surface area (Å²) >= 11 is 9.66. The van der Waals surface area contributed by atoms with Crippen LogP contribution in [0.25, 0.3) is 6.08 Å². The Balaban J connectivity index is 1.90. The minimum atomic E-state index is -3.11. The van der Waals surface area contributed by atoms with Crippen molar-refractivity contribution in [3.63, 3.8) is 0 Å². The Kier molecular flexibility index (Phi) is 5.16. The number of phenols is 1. The number of carbonyl (C=O) groups excluding carboxylic acids is 1. The van der Waals surface area contributed by atoms with Crippen LogP contribution in [0.1, 0.15) is 12.0 Å². The van der Waals surface area contributed by atoms with Crippen molar-refractivity contribution in [3.8, 4) is 11.5 Å². The minimum Gasteiger partial charge on any atom is -0.503 e. The normalized spacial score (nSPS) is 24.3. The van der Waals surface area contributed by atoms with Crippen LogP contribution in [0.5, 0.6) is 11.5 Å². The van der Waals surface area contributed by atoms with E-state index >= 15 is 0 Å². The lowest BCUT2D eigenvalue weighted by Gasteiger charge is -2.20. The van der Waals surface area contributed by atoms with E-state index in [2.05, 4.69) is 15.9 Å². The fourth-order valence-electron chi connectivity index (χ4n) is 2.76. The summed E-state index contributed by atoms with van der Waals surface area (Å²) in [7, 11) is -1.67. The van der Waals surface area contributed by atoms with Gasteiger partial charge in [-0.3, -0.25) is 9.69 Å². The second-order valence-corrected chi connectivity index (χ2v) is 10.4. The number of carbonyl (C=O) groups is 1. The molecule has 2 aliphatic heterocycles. The molecule has 1 amide bonds. The Hall–Kier alpha value is -1.10. The molecule has 2 saturated heterocycles. The van der Waals surface area contributed by atoms with Gasteiger partial charge in [0.05, 0.1) is 34.0 Å². The van der Waals surface area contributed by atoms with Crippen molar-refractivity contribution >= 4 is 66.1 Å². The van der Waals surface area contributed by atoms with E-state index in [1.807, 2.05) is 0 Å². The van der Waals surface area contributed by atoms with E-state index in [4.69, 9.17) is 17.0 Å². The van der Waals surface area contributed by atoms with Crippen LogP contribution in [0.2, 0.25) is 0 Å². The van der Waals surface area contributed by atoms with E-state index in [0.717, 1.165) is 11.8 Å². The van der Waals surface area contributed by atoms with E-state index in [1.54, 1.807) is 18.2 Å². The quantitative estimate of drug-likeness (QED) is 0.544. The predicted molar refractivity (Wildman–Crippen MR) is 104 cm³/mol. The maximum atomic E-state index is 12.7. The van der Waals surface area contributed by atoms with Gasteiger partial charge in [-0.15, -0.1) is 0 Å². The molecule has 0 saturated carbocycles. The molecule has 1 N–H and O–H groups in total. The third-order valence-corrected chi connectivity index (χ3v) is 7.65. The van der Waals surface area contributed by atoms with Gasteiger partial charge in [-0.05, 0) is 46.1 Å². The van der Waals surface area contributed by atoms with Gasteiger partial charge in [-0.2, -0.15) is 0 Å². The smallest absolute Gasteiger partial charge is 0.266 e.